The van der Waals surface area contributed by atoms with Crippen molar-refractivity contribution in [2.45, 2.75) is 32.4 Å². The Balaban J connectivity index is 4.02. The van der Waals surface area contributed by atoms with E-state index in [2.05, 4.69) is 16.0 Å². The van der Waals surface area contributed by atoms with Crippen molar-refractivity contribution in [2.75, 3.05) is 20.7 Å². The molecule has 0 saturated heterocycles. The number of nitrogens with one attached hydrogen (secondary N) is 3. The molecule has 0 aliphatic carbocycles. The highest BCUT2D eigenvalue weighted by molar-refractivity contribution is 5.96. The van der Waals surface area contributed by atoms with Crippen LogP contribution in [0.15, 0.2) is 0 Å². The van der Waals surface area contributed by atoms with E-state index in [1.165, 1.54) is 7.05 Å². The van der Waals surface area contributed by atoms with Crippen molar-refractivity contribution in [3.8, 4) is 0 Å². The Hall–Kier alpha value is -1.14. The second-order valence-corrected chi connectivity index (χ2v) is 4.13. The maximum atomic E-state index is 11.4. The smallest absolute Gasteiger partial charge is 0.321 e. The van der Waals surface area contributed by atoms with Crippen LogP contribution in [0.5, 0.6) is 0 Å². The summed E-state index contributed by atoms with van der Waals surface area (Å²) in [5.41, 5.74) is -0.346. The van der Waals surface area contributed by atoms with E-state index in [0.717, 1.165) is 0 Å². The zero-order valence-electron chi connectivity index (χ0n) is 10.5. The van der Waals surface area contributed by atoms with Crippen molar-refractivity contribution in [3.63, 3.8) is 0 Å². The van der Waals surface area contributed by atoms with Crippen LogP contribution in [0.25, 0.3) is 0 Å². The van der Waals surface area contributed by atoms with Crippen LogP contribution in [-0.2, 0) is 9.53 Å². The molecule has 0 aliphatic heterocycles. The molecule has 0 fully saturated rings. The number of urea groups is 1. The lowest BCUT2D eigenvalue weighted by atomic mass is 10.1. The topological polar surface area (TPSA) is 79.5 Å². The molecule has 6 heteroatoms. The molecule has 94 valence electrons. The SMILES string of the molecule is CNC(=O)NC(=O)C(C)NCC(C)(C)OC. The first-order valence-corrected chi connectivity index (χ1v) is 5.13. The molecule has 0 bridgehead atoms. The summed E-state index contributed by atoms with van der Waals surface area (Å²) in [7, 11) is 3.06. The van der Waals surface area contributed by atoms with Gasteiger partial charge in [0.25, 0.3) is 0 Å². The molecule has 0 aromatic heterocycles. The molecule has 0 saturated carbocycles. The minimum Gasteiger partial charge on any atom is -0.377 e. The van der Waals surface area contributed by atoms with Gasteiger partial charge in [-0.3, -0.25) is 10.1 Å². The molecule has 0 aliphatic rings. The molecule has 0 heterocycles. The van der Waals surface area contributed by atoms with Crippen LogP contribution in [0.1, 0.15) is 20.8 Å². The summed E-state index contributed by atoms with van der Waals surface area (Å²) in [6.45, 7) is 6.02. The number of ether oxygens (including phenoxy) is 1. The summed E-state index contributed by atoms with van der Waals surface area (Å²) >= 11 is 0. The van der Waals surface area contributed by atoms with Crippen molar-refractivity contribution in [3.05, 3.63) is 0 Å². The molecule has 1 atom stereocenters. The molecule has 0 aromatic rings. The summed E-state index contributed by atoms with van der Waals surface area (Å²) in [6, 6.07) is -0.962. The molecular weight excluding hydrogens is 210 g/mol. The van der Waals surface area contributed by atoms with E-state index in [0.29, 0.717) is 6.54 Å². The van der Waals surface area contributed by atoms with Crippen LogP contribution in [-0.4, -0.2) is 44.3 Å². The minimum atomic E-state index is -0.510. The zero-order valence-corrected chi connectivity index (χ0v) is 10.5. The van der Waals surface area contributed by atoms with Gasteiger partial charge < -0.3 is 15.4 Å². The fourth-order valence-electron chi connectivity index (χ4n) is 0.846. The Kier molecular flexibility index (Phi) is 5.98. The third-order valence-corrected chi connectivity index (χ3v) is 2.24. The number of carbonyl (C=O) groups is 2. The summed E-state index contributed by atoms with van der Waals surface area (Å²) in [5.74, 6) is -0.369. The number of rotatable bonds is 5. The predicted octanol–water partition coefficient (Wildman–Crippen LogP) is -0.155. The average molecular weight is 231 g/mol. The first-order valence-electron chi connectivity index (χ1n) is 5.13. The van der Waals surface area contributed by atoms with Crippen LogP contribution in [0, 0.1) is 0 Å². The van der Waals surface area contributed by atoms with E-state index in [-0.39, 0.29) is 11.5 Å². The third-order valence-electron chi connectivity index (χ3n) is 2.24. The molecule has 1 unspecified atom stereocenters. The van der Waals surface area contributed by atoms with Crippen molar-refractivity contribution in [1.82, 2.24) is 16.0 Å². The molecular formula is C10H21N3O3. The second-order valence-electron chi connectivity index (χ2n) is 4.13. The number of hydrogen-bond donors (Lipinski definition) is 3. The Labute approximate surface area is 96.1 Å². The molecule has 0 aromatic carbocycles. The predicted molar refractivity (Wildman–Crippen MR) is 61.2 cm³/mol. The van der Waals surface area contributed by atoms with E-state index in [9.17, 15) is 9.59 Å². The minimum absolute atomic E-state index is 0.346. The number of carbonyl (C=O) groups excluding carboxylic acids is 2. The van der Waals surface area contributed by atoms with Crippen LogP contribution in [0.4, 0.5) is 4.79 Å². The van der Waals surface area contributed by atoms with Crippen molar-refractivity contribution >= 4 is 11.9 Å². The van der Waals surface area contributed by atoms with Crippen LogP contribution in [0.2, 0.25) is 0 Å². The number of amides is 3. The monoisotopic (exact) mass is 231 g/mol. The highest BCUT2D eigenvalue weighted by atomic mass is 16.5. The van der Waals surface area contributed by atoms with Crippen LogP contribution in [0.3, 0.4) is 0 Å². The Morgan fingerprint density at radius 3 is 2.38 bits per heavy atom. The maximum absolute atomic E-state index is 11.4. The van der Waals surface area contributed by atoms with Crippen molar-refractivity contribution in [2.24, 2.45) is 0 Å². The van der Waals surface area contributed by atoms with Gasteiger partial charge in [-0.1, -0.05) is 0 Å². The summed E-state index contributed by atoms with van der Waals surface area (Å²) < 4.78 is 5.20. The molecule has 3 N–H and O–H groups in total. The van der Waals surface area contributed by atoms with Gasteiger partial charge in [0.05, 0.1) is 11.6 Å². The Bertz CT molecular complexity index is 254. The fourth-order valence-corrected chi connectivity index (χ4v) is 0.846. The Morgan fingerprint density at radius 2 is 1.94 bits per heavy atom. The summed E-state index contributed by atoms with van der Waals surface area (Å²) in [5, 5.41) is 7.49. The normalized spacial score (nSPS) is 13.1. The molecule has 3 amide bonds. The van der Waals surface area contributed by atoms with E-state index in [1.807, 2.05) is 13.8 Å². The first kappa shape index (κ1) is 14.9. The molecule has 0 spiro atoms. The lowest BCUT2D eigenvalue weighted by Crippen LogP contribution is -2.50. The van der Waals surface area contributed by atoms with E-state index >= 15 is 0 Å². The van der Waals surface area contributed by atoms with E-state index in [4.69, 9.17) is 4.74 Å². The third kappa shape index (κ3) is 5.67. The Morgan fingerprint density at radius 1 is 1.38 bits per heavy atom. The van der Waals surface area contributed by atoms with Gasteiger partial charge in [0.1, 0.15) is 0 Å². The molecule has 0 rings (SSSR count). The van der Waals surface area contributed by atoms with Gasteiger partial charge in [-0.2, -0.15) is 0 Å². The highest BCUT2D eigenvalue weighted by Crippen LogP contribution is 2.05. The standard InChI is InChI=1S/C10H21N3O3/c1-7(8(14)13-9(15)11-4)12-6-10(2,3)16-5/h7,12H,6H2,1-5H3,(H2,11,13,14,15). The van der Waals surface area contributed by atoms with Gasteiger partial charge >= 0.3 is 6.03 Å². The van der Waals surface area contributed by atoms with Gasteiger partial charge in [0.2, 0.25) is 5.91 Å². The highest BCUT2D eigenvalue weighted by Gasteiger charge is 2.20. The summed E-state index contributed by atoms with van der Waals surface area (Å²) in [6.07, 6.45) is 0. The van der Waals surface area contributed by atoms with Crippen LogP contribution >= 0.6 is 0 Å². The van der Waals surface area contributed by atoms with Crippen molar-refractivity contribution < 1.29 is 14.3 Å². The maximum Gasteiger partial charge on any atom is 0.321 e. The van der Waals surface area contributed by atoms with Gasteiger partial charge in [-0.05, 0) is 20.8 Å². The van der Waals surface area contributed by atoms with Gasteiger partial charge in [0.15, 0.2) is 0 Å². The van der Waals surface area contributed by atoms with Crippen molar-refractivity contribution in [1.29, 1.82) is 0 Å². The number of hydrogen-bond acceptors (Lipinski definition) is 4. The van der Waals surface area contributed by atoms with E-state index in [1.54, 1.807) is 14.0 Å². The zero-order chi connectivity index (χ0) is 12.8. The largest absolute Gasteiger partial charge is 0.377 e. The lowest BCUT2D eigenvalue weighted by molar-refractivity contribution is -0.121. The molecule has 0 radical (unpaired) electrons. The lowest BCUT2D eigenvalue weighted by Gasteiger charge is -2.25. The fraction of sp³-hybridized carbons (Fsp3) is 0.800. The number of methoxy groups -OCH3 is 1. The first-order chi connectivity index (χ1) is 7.32. The summed E-state index contributed by atoms with van der Waals surface area (Å²) in [4.78, 5) is 22.3. The molecule has 16 heavy (non-hydrogen) atoms. The molecule has 6 nitrogen and oxygen atoms in total. The van der Waals surface area contributed by atoms with E-state index < -0.39 is 12.1 Å². The quantitative estimate of drug-likeness (QED) is 0.614. The van der Waals surface area contributed by atoms with Gasteiger partial charge in [0, 0.05) is 20.7 Å². The average Bonchev–Trinajstić information content (AvgIpc) is 2.25. The van der Waals surface area contributed by atoms with Gasteiger partial charge in [-0.25, -0.2) is 4.79 Å². The van der Waals surface area contributed by atoms with Gasteiger partial charge in [-0.15, -0.1) is 0 Å². The number of imide groups is 1. The van der Waals surface area contributed by atoms with Crippen LogP contribution < -0.4 is 16.0 Å². The second kappa shape index (κ2) is 6.44.